The van der Waals surface area contributed by atoms with E-state index in [1.807, 2.05) is 44.7 Å². The van der Waals surface area contributed by atoms with E-state index in [2.05, 4.69) is 29.7 Å². The van der Waals surface area contributed by atoms with Crippen molar-refractivity contribution < 1.29 is 23.5 Å². The zero-order valence-corrected chi connectivity index (χ0v) is 25.4. The predicted molar refractivity (Wildman–Crippen MR) is 160 cm³/mol. The van der Waals surface area contributed by atoms with Crippen LogP contribution in [0, 0.1) is 17.0 Å². The van der Waals surface area contributed by atoms with Crippen molar-refractivity contribution in [2.45, 2.75) is 98.3 Å². The summed E-state index contributed by atoms with van der Waals surface area (Å²) in [7, 11) is 0. The number of hydrogen-bond donors (Lipinski definition) is 3. The molecule has 0 aromatic heterocycles. The highest BCUT2D eigenvalue weighted by Crippen LogP contribution is 2.31. The molecule has 2 amide bonds. The van der Waals surface area contributed by atoms with Crippen molar-refractivity contribution in [2.24, 2.45) is 5.41 Å². The molecule has 3 N–H and O–H groups in total. The summed E-state index contributed by atoms with van der Waals surface area (Å²) in [5.41, 5.74) is 2.07. The van der Waals surface area contributed by atoms with Crippen LogP contribution < -0.4 is 10.6 Å². The zero-order chi connectivity index (χ0) is 30.4. The molecular formula is C33H49F2N3O3. The summed E-state index contributed by atoms with van der Waals surface area (Å²) in [5.74, 6) is -1.70. The molecule has 8 heteroatoms. The van der Waals surface area contributed by atoms with Crippen molar-refractivity contribution in [3.05, 3.63) is 70.8 Å². The third-order valence-corrected chi connectivity index (χ3v) is 7.63. The number of aliphatic hydroxyl groups excluding tert-OH is 1. The summed E-state index contributed by atoms with van der Waals surface area (Å²) in [4.78, 5) is 28.2. The molecule has 0 spiro atoms. The molecule has 3 atom stereocenters. The molecule has 228 valence electrons. The van der Waals surface area contributed by atoms with E-state index in [4.69, 9.17) is 0 Å². The number of amides is 2. The Bertz CT molecular complexity index is 1090. The second-order valence-electron chi connectivity index (χ2n) is 11.4. The van der Waals surface area contributed by atoms with Gasteiger partial charge in [-0.2, -0.15) is 0 Å². The van der Waals surface area contributed by atoms with E-state index in [-0.39, 0.29) is 37.6 Å². The number of carbonyl (C=O) groups is 2. The molecule has 0 aliphatic heterocycles. The Balaban J connectivity index is 2.13. The third-order valence-electron chi connectivity index (χ3n) is 7.63. The molecule has 2 aromatic carbocycles. The van der Waals surface area contributed by atoms with Crippen molar-refractivity contribution in [1.82, 2.24) is 15.5 Å². The maximum Gasteiger partial charge on any atom is 0.223 e. The Labute approximate surface area is 244 Å². The van der Waals surface area contributed by atoms with Gasteiger partial charge in [-0.25, -0.2) is 8.78 Å². The van der Waals surface area contributed by atoms with Gasteiger partial charge in [-0.3, -0.25) is 9.59 Å². The summed E-state index contributed by atoms with van der Waals surface area (Å²) in [5, 5.41) is 17.3. The van der Waals surface area contributed by atoms with Crippen molar-refractivity contribution >= 4 is 11.8 Å². The van der Waals surface area contributed by atoms with Gasteiger partial charge in [-0.15, -0.1) is 0 Å². The average Bonchev–Trinajstić information content (AvgIpc) is 2.92. The van der Waals surface area contributed by atoms with Crippen molar-refractivity contribution in [3.8, 4) is 0 Å². The van der Waals surface area contributed by atoms with Gasteiger partial charge in [-0.05, 0) is 66.3 Å². The zero-order valence-electron chi connectivity index (χ0n) is 25.4. The predicted octanol–water partition coefficient (Wildman–Crippen LogP) is 5.55. The quantitative estimate of drug-likeness (QED) is 0.218. The van der Waals surface area contributed by atoms with Crippen LogP contribution in [0.1, 0.15) is 83.4 Å². The monoisotopic (exact) mass is 573 g/mol. The topological polar surface area (TPSA) is 81.7 Å². The molecular weight excluding hydrogens is 524 g/mol. The van der Waals surface area contributed by atoms with E-state index < -0.39 is 29.2 Å². The summed E-state index contributed by atoms with van der Waals surface area (Å²) in [6, 6.07) is 10.6. The molecule has 0 heterocycles. The first-order valence-electron chi connectivity index (χ1n) is 15.0. The maximum atomic E-state index is 13.9. The van der Waals surface area contributed by atoms with Crippen LogP contribution >= 0.6 is 0 Å². The van der Waals surface area contributed by atoms with Gasteiger partial charge in [0.1, 0.15) is 11.6 Å². The van der Waals surface area contributed by atoms with Gasteiger partial charge >= 0.3 is 0 Å². The van der Waals surface area contributed by atoms with Crippen LogP contribution in [0.4, 0.5) is 8.78 Å². The van der Waals surface area contributed by atoms with Crippen LogP contribution in [-0.4, -0.2) is 53.6 Å². The standard InChI is InChI=1S/C33H49F2N3O3/c1-6-13-38(14-7-2)32(41)21-33(5,9-4)20-31(40)37-29(18-26-16-27(34)19-28(35)17-26)30(39)23-36-22-25-12-10-11-24(8-3)15-25/h10-12,15-17,19,29-30,36,39H,6-9,13-14,18,20-23H2,1-5H3,(H,37,40)/t29-,30+,33?/m0/s1. The second-order valence-corrected chi connectivity index (χ2v) is 11.4. The molecule has 1 unspecified atom stereocenters. The van der Waals surface area contributed by atoms with E-state index >= 15 is 0 Å². The summed E-state index contributed by atoms with van der Waals surface area (Å²) >= 11 is 0. The molecule has 2 rings (SSSR count). The lowest BCUT2D eigenvalue weighted by Gasteiger charge is -2.32. The lowest BCUT2D eigenvalue weighted by Crippen LogP contribution is -2.49. The fraction of sp³-hybridized carbons (Fsp3) is 0.576. The van der Waals surface area contributed by atoms with Crippen LogP contribution in [0.5, 0.6) is 0 Å². The van der Waals surface area contributed by atoms with Gasteiger partial charge in [0.2, 0.25) is 11.8 Å². The van der Waals surface area contributed by atoms with Crippen molar-refractivity contribution in [1.29, 1.82) is 0 Å². The lowest BCUT2D eigenvalue weighted by atomic mass is 9.79. The van der Waals surface area contributed by atoms with Crippen molar-refractivity contribution in [2.75, 3.05) is 19.6 Å². The van der Waals surface area contributed by atoms with Crippen LogP contribution in [0.25, 0.3) is 0 Å². The van der Waals surface area contributed by atoms with E-state index in [1.54, 1.807) is 0 Å². The number of rotatable bonds is 18. The molecule has 0 aliphatic carbocycles. The largest absolute Gasteiger partial charge is 0.390 e. The second kappa shape index (κ2) is 17.2. The minimum absolute atomic E-state index is 0.0361. The van der Waals surface area contributed by atoms with Crippen LogP contribution in [0.3, 0.4) is 0 Å². The van der Waals surface area contributed by atoms with Gasteiger partial charge in [0.25, 0.3) is 0 Å². The number of benzene rings is 2. The molecule has 0 saturated carbocycles. The number of nitrogens with one attached hydrogen (secondary N) is 2. The molecule has 0 fully saturated rings. The highest BCUT2D eigenvalue weighted by atomic mass is 19.1. The SMILES string of the molecule is CCCN(CCC)C(=O)CC(C)(CC)CC(=O)N[C@@H](Cc1cc(F)cc(F)c1)[C@H](O)CNCc1cccc(CC)c1. The van der Waals surface area contributed by atoms with Crippen molar-refractivity contribution in [3.63, 3.8) is 0 Å². The van der Waals surface area contributed by atoms with E-state index in [9.17, 15) is 23.5 Å². The number of aliphatic hydroxyl groups is 1. The molecule has 0 saturated heterocycles. The van der Waals surface area contributed by atoms with Crippen LogP contribution in [-0.2, 0) is 29.0 Å². The number of nitrogens with zero attached hydrogens (tertiary/aromatic N) is 1. The lowest BCUT2D eigenvalue weighted by molar-refractivity contribution is -0.134. The first kappa shape index (κ1) is 34.4. The fourth-order valence-corrected chi connectivity index (χ4v) is 5.07. The molecule has 6 nitrogen and oxygen atoms in total. The normalized spacial score (nSPS) is 14.2. The summed E-state index contributed by atoms with van der Waals surface area (Å²) in [6.07, 6.45) is 2.67. The number of carbonyl (C=O) groups excluding carboxylic acids is 2. The van der Waals surface area contributed by atoms with Crippen LogP contribution in [0.15, 0.2) is 42.5 Å². The van der Waals surface area contributed by atoms with Gasteiger partial charge in [-0.1, -0.05) is 58.9 Å². The number of halogens is 2. The smallest absolute Gasteiger partial charge is 0.223 e. The minimum Gasteiger partial charge on any atom is -0.390 e. The van der Waals surface area contributed by atoms with E-state index in [0.717, 1.165) is 30.9 Å². The molecule has 2 aromatic rings. The number of aryl methyl sites for hydroxylation is 1. The van der Waals surface area contributed by atoms with Gasteiger partial charge < -0.3 is 20.6 Å². The van der Waals surface area contributed by atoms with Gasteiger partial charge in [0, 0.05) is 45.1 Å². The summed E-state index contributed by atoms with van der Waals surface area (Å²) in [6.45, 7) is 12.1. The first-order valence-corrected chi connectivity index (χ1v) is 15.0. The highest BCUT2D eigenvalue weighted by molar-refractivity contribution is 5.80. The van der Waals surface area contributed by atoms with Gasteiger partial charge in [0.05, 0.1) is 12.1 Å². The molecule has 41 heavy (non-hydrogen) atoms. The third kappa shape index (κ3) is 11.9. The molecule has 0 radical (unpaired) electrons. The van der Waals surface area contributed by atoms with Gasteiger partial charge in [0.15, 0.2) is 0 Å². The fourth-order valence-electron chi connectivity index (χ4n) is 5.07. The number of hydrogen-bond acceptors (Lipinski definition) is 4. The average molecular weight is 574 g/mol. The Kier molecular flexibility index (Phi) is 14.4. The Hall–Kier alpha value is -2.84. The van der Waals surface area contributed by atoms with E-state index in [1.165, 1.54) is 17.7 Å². The Morgan fingerprint density at radius 3 is 2.15 bits per heavy atom. The molecule has 0 bridgehead atoms. The molecule has 0 aliphatic rings. The minimum atomic E-state index is -1.02. The van der Waals surface area contributed by atoms with E-state index in [0.29, 0.717) is 31.6 Å². The summed E-state index contributed by atoms with van der Waals surface area (Å²) < 4.78 is 27.8. The maximum absolute atomic E-state index is 13.9. The first-order chi connectivity index (χ1) is 19.5. The highest BCUT2D eigenvalue weighted by Gasteiger charge is 2.32. The van der Waals surface area contributed by atoms with Crippen LogP contribution in [0.2, 0.25) is 0 Å². The Morgan fingerprint density at radius 1 is 0.927 bits per heavy atom. The Morgan fingerprint density at radius 2 is 1.56 bits per heavy atom.